The molecule has 2 N–H and O–H groups in total. The molecule has 144 valence electrons. The molecular formula is C18H30N6O2. The zero-order valence-electron chi connectivity index (χ0n) is 15.8. The number of morpholine rings is 1. The molecule has 0 radical (unpaired) electrons. The second-order valence-electron chi connectivity index (χ2n) is 6.93. The number of aryl methyl sites for hydroxylation is 1. The van der Waals surface area contributed by atoms with Gasteiger partial charge >= 0.3 is 0 Å². The molecular weight excluding hydrogens is 332 g/mol. The lowest BCUT2D eigenvalue weighted by molar-refractivity contribution is -0.121. The quantitative estimate of drug-likeness (QED) is 0.426. The van der Waals surface area contributed by atoms with Gasteiger partial charge in [0.25, 0.3) is 0 Å². The van der Waals surface area contributed by atoms with Crippen LogP contribution in [0.4, 0.5) is 0 Å². The summed E-state index contributed by atoms with van der Waals surface area (Å²) in [7, 11) is 1.91. The van der Waals surface area contributed by atoms with Gasteiger partial charge in [-0.25, -0.2) is 0 Å². The van der Waals surface area contributed by atoms with Crippen LogP contribution in [0.2, 0.25) is 0 Å². The molecule has 1 saturated heterocycles. The molecule has 8 nitrogen and oxygen atoms in total. The summed E-state index contributed by atoms with van der Waals surface area (Å²) in [6.07, 6.45) is 7.43. The van der Waals surface area contributed by atoms with Gasteiger partial charge in [0.05, 0.1) is 19.3 Å². The molecule has 0 bridgehead atoms. The number of hydrogen-bond donors (Lipinski definition) is 2. The van der Waals surface area contributed by atoms with E-state index in [0.717, 1.165) is 50.4 Å². The van der Waals surface area contributed by atoms with Crippen LogP contribution in [0.25, 0.3) is 0 Å². The van der Waals surface area contributed by atoms with Gasteiger partial charge in [-0.1, -0.05) is 0 Å². The maximum Gasteiger partial charge on any atom is 0.220 e. The van der Waals surface area contributed by atoms with Crippen molar-refractivity contribution in [1.82, 2.24) is 25.3 Å². The van der Waals surface area contributed by atoms with E-state index in [-0.39, 0.29) is 12.0 Å². The summed E-state index contributed by atoms with van der Waals surface area (Å²) in [6.45, 7) is 5.75. The molecule has 2 fully saturated rings. The number of ether oxygens (including phenoxy) is 1. The molecule has 8 heteroatoms. The molecule has 1 atom stereocenters. The number of nitrogens with zero attached hydrogens (tertiary/aromatic N) is 4. The van der Waals surface area contributed by atoms with Crippen molar-refractivity contribution < 1.29 is 9.53 Å². The minimum absolute atomic E-state index is 0.00521. The molecule has 1 amide bonds. The van der Waals surface area contributed by atoms with Crippen LogP contribution in [0.5, 0.6) is 0 Å². The van der Waals surface area contributed by atoms with Gasteiger partial charge in [0.1, 0.15) is 6.10 Å². The van der Waals surface area contributed by atoms with Crippen molar-refractivity contribution in [3.8, 4) is 0 Å². The van der Waals surface area contributed by atoms with E-state index in [9.17, 15) is 4.79 Å². The Hall–Kier alpha value is -2.09. The topological polar surface area (TPSA) is 83.8 Å². The molecule has 2 aliphatic rings. The molecule has 3 rings (SSSR count). The van der Waals surface area contributed by atoms with Gasteiger partial charge in [0.15, 0.2) is 5.96 Å². The maximum atomic E-state index is 11.8. The monoisotopic (exact) mass is 362 g/mol. The molecule has 1 saturated carbocycles. The van der Waals surface area contributed by atoms with Crippen molar-refractivity contribution >= 4 is 11.9 Å². The van der Waals surface area contributed by atoms with E-state index in [1.54, 1.807) is 4.68 Å². The Morgan fingerprint density at radius 2 is 2.31 bits per heavy atom. The van der Waals surface area contributed by atoms with Gasteiger partial charge in [-0.05, 0) is 26.2 Å². The third-order valence-electron chi connectivity index (χ3n) is 4.56. The lowest BCUT2D eigenvalue weighted by Gasteiger charge is -2.34. The standard InChI is InChI=1S/C18H30N6O2/c1-3-19-18(20-8-4-5-17(25)22-15-6-7-15)24-9-10-26-16(13-24)14-11-21-23(2)12-14/h11-12,15-16H,3-10,13H2,1-2H3,(H,19,20)(H,22,25). The van der Waals surface area contributed by atoms with Crippen LogP contribution in [0, 0.1) is 0 Å². The molecule has 2 heterocycles. The van der Waals surface area contributed by atoms with E-state index in [4.69, 9.17) is 9.73 Å². The highest BCUT2D eigenvalue weighted by Crippen LogP contribution is 2.21. The van der Waals surface area contributed by atoms with E-state index in [0.29, 0.717) is 25.6 Å². The smallest absolute Gasteiger partial charge is 0.220 e. The second-order valence-corrected chi connectivity index (χ2v) is 6.93. The van der Waals surface area contributed by atoms with Crippen molar-refractivity contribution in [3.05, 3.63) is 18.0 Å². The number of nitrogens with one attached hydrogen (secondary N) is 2. The van der Waals surface area contributed by atoms with Gasteiger partial charge in [-0.3, -0.25) is 14.5 Å². The predicted molar refractivity (Wildman–Crippen MR) is 99.9 cm³/mol. The molecule has 0 spiro atoms. The molecule has 1 unspecified atom stereocenters. The highest BCUT2D eigenvalue weighted by Gasteiger charge is 2.25. The van der Waals surface area contributed by atoms with E-state index in [2.05, 4.69) is 27.6 Å². The zero-order valence-corrected chi connectivity index (χ0v) is 15.8. The molecule has 0 aromatic carbocycles. The van der Waals surface area contributed by atoms with E-state index >= 15 is 0 Å². The van der Waals surface area contributed by atoms with E-state index < -0.39 is 0 Å². The fourth-order valence-corrected chi connectivity index (χ4v) is 3.03. The Labute approximate surface area is 155 Å². The van der Waals surface area contributed by atoms with Gasteiger partial charge in [-0.15, -0.1) is 0 Å². The average Bonchev–Trinajstić information content (AvgIpc) is 3.34. The molecule has 1 aromatic rings. The minimum Gasteiger partial charge on any atom is -0.370 e. The first kappa shape index (κ1) is 18.7. The summed E-state index contributed by atoms with van der Waals surface area (Å²) in [6, 6.07) is 0.432. The fraction of sp³-hybridized carbons (Fsp3) is 0.722. The Bertz CT molecular complexity index is 625. The van der Waals surface area contributed by atoms with Crippen molar-refractivity contribution in [2.24, 2.45) is 12.0 Å². The SMILES string of the molecule is CCNC(=NCCCC(=O)NC1CC1)N1CCOC(c2cnn(C)c2)C1. The summed E-state index contributed by atoms with van der Waals surface area (Å²) in [5.41, 5.74) is 1.09. The number of rotatable bonds is 7. The Morgan fingerprint density at radius 3 is 3.00 bits per heavy atom. The van der Waals surface area contributed by atoms with Gasteiger partial charge in [0, 0.05) is 50.9 Å². The van der Waals surface area contributed by atoms with Crippen LogP contribution in [0.15, 0.2) is 17.4 Å². The predicted octanol–water partition coefficient (Wildman–Crippen LogP) is 0.818. The maximum absolute atomic E-state index is 11.8. The highest BCUT2D eigenvalue weighted by atomic mass is 16.5. The van der Waals surface area contributed by atoms with E-state index in [1.807, 2.05) is 19.4 Å². The van der Waals surface area contributed by atoms with Crippen LogP contribution in [-0.2, 0) is 16.6 Å². The summed E-state index contributed by atoms with van der Waals surface area (Å²) in [5.74, 6) is 1.04. The third kappa shape index (κ3) is 5.45. The van der Waals surface area contributed by atoms with Gasteiger partial charge < -0.3 is 20.3 Å². The van der Waals surface area contributed by atoms with Crippen LogP contribution >= 0.6 is 0 Å². The number of aromatic nitrogens is 2. The zero-order chi connectivity index (χ0) is 18.4. The second kappa shape index (κ2) is 9.02. The Kier molecular flexibility index (Phi) is 6.49. The van der Waals surface area contributed by atoms with E-state index in [1.165, 1.54) is 0 Å². The Balaban J connectivity index is 1.51. The Morgan fingerprint density at radius 1 is 1.46 bits per heavy atom. The number of aliphatic imine (C=N–C) groups is 1. The van der Waals surface area contributed by atoms with Crippen LogP contribution in [0.3, 0.4) is 0 Å². The third-order valence-corrected chi connectivity index (χ3v) is 4.56. The van der Waals surface area contributed by atoms with Gasteiger partial charge in [-0.2, -0.15) is 5.10 Å². The number of carbonyl (C=O) groups excluding carboxylic acids is 1. The minimum atomic E-state index is 0.00521. The van der Waals surface area contributed by atoms with Crippen molar-refractivity contribution in [1.29, 1.82) is 0 Å². The van der Waals surface area contributed by atoms with Crippen molar-refractivity contribution in [2.75, 3.05) is 32.8 Å². The number of guanidine groups is 1. The molecule has 1 aromatic heterocycles. The highest BCUT2D eigenvalue weighted by molar-refractivity contribution is 5.80. The molecule has 1 aliphatic carbocycles. The number of amides is 1. The first-order valence-electron chi connectivity index (χ1n) is 9.58. The molecule has 26 heavy (non-hydrogen) atoms. The van der Waals surface area contributed by atoms with Crippen LogP contribution in [-0.4, -0.2) is 65.4 Å². The van der Waals surface area contributed by atoms with Gasteiger partial charge in [0.2, 0.25) is 5.91 Å². The lowest BCUT2D eigenvalue weighted by atomic mass is 10.1. The van der Waals surface area contributed by atoms with Crippen LogP contribution in [0.1, 0.15) is 44.3 Å². The van der Waals surface area contributed by atoms with Crippen molar-refractivity contribution in [3.63, 3.8) is 0 Å². The van der Waals surface area contributed by atoms with Crippen molar-refractivity contribution in [2.45, 2.75) is 44.8 Å². The summed E-state index contributed by atoms with van der Waals surface area (Å²) in [5, 5.41) is 10.6. The first-order chi connectivity index (χ1) is 12.7. The largest absolute Gasteiger partial charge is 0.370 e. The lowest BCUT2D eigenvalue weighted by Crippen LogP contribution is -2.48. The summed E-state index contributed by atoms with van der Waals surface area (Å²) >= 11 is 0. The summed E-state index contributed by atoms with van der Waals surface area (Å²) in [4.78, 5) is 18.7. The fourth-order valence-electron chi connectivity index (χ4n) is 3.03. The molecule has 1 aliphatic heterocycles. The number of hydrogen-bond acceptors (Lipinski definition) is 4. The number of carbonyl (C=O) groups is 1. The van der Waals surface area contributed by atoms with Crippen LogP contribution < -0.4 is 10.6 Å². The summed E-state index contributed by atoms with van der Waals surface area (Å²) < 4.78 is 7.70. The normalized spacial score (nSPS) is 20.9. The first-order valence-corrected chi connectivity index (χ1v) is 9.58. The average molecular weight is 362 g/mol.